The summed E-state index contributed by atoms with van der Waals surface area (Å²) in [5.41, 5.74) is 0. The van der Waals surface area contributed by atoms with Crippen LogP contribution in [0.4, 0.5) is 0 Å². The standard InChI is InChI=1S/C5H8Cl2O2S/c1-5(7)4-10(8,9)3-2-6/h1-4H2. The normalized spacial score (nSPS) is 11.4. The molecule has 0 aliphatic heterocycles. The van der Waals surface area contributed by atoms with E-state index in [2.05, 4.69) is 6.58 Å². The minimum atomic E-state index is -3.09. The van der Waals surface area contributed by atoms with Gasteiger partial charge in [0.25, 0.3) is 0 Å². The van der Waals surface area contributed by atoms with E-state index >= 15 is 0 Å². The zero-order valence-electron chi connectivity index (χ0n) is 5.31. The molecule has 0 saturated carbocycles. The molecule has 0 saturated heterocycles. The van der Waals surface area contributed by atoms with E-state index < -0.39 is 9.84 Å². The summed E-state index contributed by atoms with van der Waals surface area (Å²) in [4.78, 5) is 0. The van der Waals surface area contributed by atoms with Gasteiger partial charge in [0, 0.05) is 10.9 Å². The van der Waals surface area contributed by atoms with Gasteiger partial charge in [-0.2, -0.15) is 0 Å². The number of alkyl halides is 1. The minimum Gasteiger partial charge on any atom is -0.228 e. The van der Waals surface area contributed by atoms with Crippen LogP contribution >= 0.6 is 23.2 Å². The average Bonchev–Trinajstić information content (AvgIpc) is 1.59. The molecule has 0 aliphatic carbocycles. The molecule has 0 rings (SSSR count). The summed E-state index contributed by atoms with van der Waals surface area (Å²) in [7, 11) is -3.09. The predicted molar refractivity (Wildman–Crippen MR) is 44.4 cm³/mol. The van der Waals surface area contributed by atoms with E-state index in [1.807, 2.05) is 0 Å². The van der Waals surface area contributed by atoms with E-state index in [1.165, 1.54) is 0 Å². The van der Waals surface area contributed by atoms with Crippen LogP contribution in [0.25, 0.3) is 0 Å². The number of halogens is 2. The van der Waals surface area contributed by atoms with Crippen molar-refractivity contribution in [3.05, 3.63) is 11.6 Å². The summed E-state index contributed by atoms with van der Waals surface area (Å²) >= 11 is 10.5. The molecule has 0 amide bonds. The van der Waals surface area contributed by atoms with Crippen LogP contribution in [0, 0.1) is 0 Å². The lowest BCUT2D eigenvalue weighted by atomic mass is 10.7. The van der Waals surface area contributed by atoms with Gasteiger partial charge in [-0.05, 0) is 0 Å². The Morgan fingerprint density at radius 1 is 1.50 bits per heavy atom. The molecule has 10 heavy (non-hydrogen) atoms. The molecular weight excluding hydrogens is 195 g/mol. The maximum Gasteiger partial charge on any atom is 0.156 e. The molecule has 2 nitrogen and oxygen atoms in total. The first-order valence-corrected chi connectivity index (χ1v) is 5.31. The lowest BCUT2D eigenvalue weighted by Gasteiger charge is -1.97. The highest BCUT2D eigenvalue weighted by Gasteiger charge is 2.09. The second-order valence-corrected chi connectivity index (χ2v) is 4.89. The second-order valence-electron chi connectivity index (χ2n) is 1.80. The largest absolute Gasteiger partial charge is 0.228 e. The Balaban J connectivity index is 4.02. The molecule has 0 heterocycles. The number of rotatable bonds is 4. The molecule has 0 aromatic carbocycles. The lowest BCUT2D eigenvalue weighted by Crippen LogP contribution is -2.11. The maximum absolute atomic E-state index is 10.8. The quantitative estimate of drug-likeness (QED) is 0.647. The zero-order chi connectivity index (χ0) is 8.20. The molecule has 0 fully saturated rings. The van der Waals surface area contributed by atoms with Gasteiger partial charge in [0.1, 0.15) is 0 Å². The topological polar surface area (TPSA) is 34.1 Å². The van der Waals surface area contributed by atoms with Crippen molar-refractivity contribution in [2.75, 3.05) is 17.4 Å². The molecule has 0 aromatic heterocycles. The van der Waals surface area contributed by atoms with Gasteiger partial charge < -0.3 is 0 Å². The van der Waals surface area contributed by atoms with Gasteiger partial charge in [-0.1, -0.05) is 18.2 Å². The van der Waals surface area contributed by atoms with Crippen molar-refractivity contribution in [3.63, 3.8) is 0 Å². The van der Waals surface area contributed by atoms with Crippen LogP contribution in [-0.4, -0.2) is 25.8 Å². The van der Waals surface area contributed by atoms with Crippen LogP contribution in [0.15, 0.2) is 11.6 Å². The van der Waals surface area contributed by atoms with Crippen LogP contribution < -0.4 is 0 Å². The summed E-state index contributed by atoms with van der Waals surface area (Å²) in [6, 6.07) is 0. The molecular formula is C5H8Cl2O2S. The van der Waals surface area contributed by atoms with Crippen molar-refractivity contribution in [1.29, 1.82) is 0 Å². The molecule has 0 aromatic rings. The molecule has 60 valence electrons. The third-order valence-electron chi connectivity index (χ3n) is 0.765. The van der Waals surface area contributed by atoms with Gasteiger partial charge in [-0.15, -0.1) is 11.6 Å². The van der Waals surface area contributed by atoms with E-state index in [0.29, 0.717) is 0 Å². The summed E-state index contributed by atoms with van der Waals surface area (Å²) in [6.07, 6.45) is 0. The van der Waals surface area contributed by atoms with Crippen molar-refractivity contribution in [2.45, 2.75) is 0 Å². The molecule has 0 radical (unpaired) electrons. The number of hydrogen-bond donors (Lipinski definition) is 0. The highest BCUT2D eigenvalue weighted by atomic mass is 35.5. The fraction of sp³-hybridized carbons (Fsp3) is 0.600. The molecule has 0 aliphatic rings. The van der Waals surface area contributed by atoms with Gasteiger partial charge >= 0.3 is 0 Å². The average molecular weight is 203 g/mol. The molecule has 5 heteroatoms. The van der Waals surface area contributed by atoms with Crippen molar-refractivity contribution < 1.29 is 8.42 Å². The summed E-state index contributed by atoms with van der Waals surface area (Å²) in [6.45, 7) is 3.27. The summed E-state index contributed by atoms with van der Waals surface area (Å²) < 4.78 is 21.6. The first-order valence-electron chi connectivity index (χ1n) is 2.57. The van der Waals surface area contributed by atoms with Crippen LogP contribution in [0.1, 0.15) is 0 Å². The number of sulfone groups is 1. The Kier molecular flexibility index (Phi) is 4.32. The van der Waals surface area contributed by atoms with Gasteiger partial charge in [0.2, 0.25) is 0 Å². The highest BCUT2D eigenvalue weighted by molar-refractivity contribution is 7.91. The van der Waals surface area contributed by atoms with E-state index in [9.17, 15) is 8.42 Å². The van der Waals surface area contributed by atoms with E-state index in [-0.39, 0.29) is 22.4 Å². The van der Waals surface area contributed by atoms with E-state index in [1.54, 1.807) is 0 Å². The third kappa shape index (κ3) is 5.09. The van der Waals surface area contributed by atoms with E-state index in [0.717, 1.165) is 0 Å². The fourth-order valence-corrected chi connectivity index (χ4v) is 2.49. The monoisotopic (exact) mass is 202 g/mol. The van der Waals surface area contributed by atoms with Gasteiger partial charge in [0.05, 0.1) is 11.5 Å². The molecule has 0 bridgehead atoms. The van der Waals surface area contributed by atoms with Gasteiger partial charge in [0.15, 0.2) is 9.84 Å². The van der Waals surface area contributed by atoms with Crippen LogP contribution in [-0.2, 0) is 9.84 Å². The molecule has 0 N–H and O–H groups in total. The SMILES string of the molecule is C=C(Cl)CS(=O)(=O)CCCl. The first-order chi connectivity index (χ1) is 4.48. The molecule has 0 atom stereocenters. The summed E-state index contributed by atoms with van der Waals surface area (Å²) in [5.74, 6) is -0.117. The molecule has 0 spiro atoms. The Labute approximate surface area is 70.7 Å². The smallest absolute Gasteiger partial charge is 0.156 e. The zero-order valence-corrected chi connectivity index (χ0v) is 7.64. The van der Waals surface area contributed by atoms with Crippen molar-refractivity contribution in [3.8, 4) is 0 Å². The van der Waals surface area contributed by atoms with Crippen molar-refractivity contribution >= 4 is 33.0 Å². The second kappa shape index (κ2) is 4.21. The first kappa shape index (κ1) is 10.3. The molecule has 0 unspecified atom stereocenters. The van der Waals surface area contributed by atoms with Gasteiger partial charge in [-0.3, -0.25) is 0 Å². The van der Waals surface area contributed by atoms with Gasteiger partial charge in [-0.25, -0.2) is 8.42 Å². The van der Waals surface area contributed by atoms with E-state index in [4.69, 9.17) is 23.2 Å². The third-order valence-corrected chi connectivity index (χ3v) is 3.08. The Morgan fingerprint density at radius 3 is 2.30 bits per heavy atom. The Morgan fingerprint density at radius 2 is 2.00 bits per heavy atom. The predicted octanol–water partition coefficient (Wildman–Crippen LogP) is 1.39. The number of hydrogen-bond acceptors (Lipinski definition) is 2. The minimum absolute atomic E-state index is 0.0414. The van der Waals surface area contributed by atoms with Crippen molar-refractivity contribution in [2.24, 2.45) is 0 Å². The Bertz CT molecular complexity index is 208. The van der Waals surface area contributed by atoms with Crippen molar-refractivity contribution in [1.82, 2.24) is 0 Å². The highest BCUT2D eigenvalue weighted by Crippen LogP contribution is 2.03. The van der Waals surface area contributed by atoms with Crippen LogP contribution in [0.2, 0.25) is 0 Å². The summed E-state index contributed by atoms with van der Waals surface area (Å²) in [5, 5.41) is 0.130. The maximum atomic E-state index is 10.8. The lowest BCUT2D eigenvalue weighted by molar-refractivity contribution is 0.600. The van der Waals surface area contributed by atoms with Crippen LogP contribution in [0.5, 0.6) is 0 Å². The Hall–Kier alpha value is 0.270. The fourth-order valence-electron chi connectivity index (χ4n) is 0.428. The van der Waals surface area contributed by atoms with Crippen LogP contribution in [0.3, 0.4) is 0 Å².